The number of hydrogen-bond acceptors (Lipinski definition) is 5. The molecular formula is C18H26O5. The molecule has 0 saturated carbocycles. The van der Waals surface area contributed by atoms with Crippen molar-refractivity contribution in [1.29, 1.82) is 0 Å². The van der Waals surface area contributed by atoms with Crippen LogP contribution in [0.25, 0.3) is 0 Å². The molecule has 0 unspecified atom stereocenters. The third-order valence-corrected chi connectivity index (χ3v) is 3.57. The summed E-state index contributed by atoms with van der Waals surface area (Å²) in [5.74, 6) is 0.250. The molecule has 1 N–H and O–H groups in total. The predicted octanol–water partition coefficient (Wildman–Crippen LogP) is 3.42. The van der Waals surface area contributed by atoms with Gasteiger partial charge in [-0.1, -0.05) is 25.8 Å². The Morgan fingerprint density at radius 1 is 1.13 bits per heavy atom. The lowest BCUT2D eigenvalue weighted by Crippen LogP contribution is -2.10. The number of rotatable bonds is 11. The summed E-state index contributed by atoms with van der Waals surface area (Å²) in [5, 5.41) is 9.51. The third-order valence-electron chi connectivity index (χ3n) is 3.57. The molecule has 0 aliphatic carbocycles. The maximum atomic E-state index is 11.6. The van der Waals surface area contributed by atoms with Gasteiger partial charge in [0, 0.05) is 19.3 Å². The fourth-order valence-electron chi connectivity index (χ4n) is 2.17. The van der Waals surface area contributed by atoms with Crippen LogP contribution in [0.2, 0.25) is 0 Å². The third kappa shape index (κ3) is 7.68. The lowest BCUT2D eigenvalue weighted by atomic mass is 10.1. The number of carbonyl (C=O) groups is 2. The number of Topliss-reactive ketones (excluding diaryl/α,β-unsaturated/α-hetero) is 1. The van der Waals surface area contributed by atoms with Gasteiger partial charge in [-0.2, -0.15) is 0 Å². The van der Waals surface area contributed by atoms with Crippen LogP contribution in [0.3, 0.4) is 0 Å². The number of methoxy groups -OCH3 is 1. The van der Waals surface area contributed by atoms with Gasteiger partial charge in [-0.25, -0.2) is 0 Å². The summed E-state index contributed by atoms with van der Waals surface area (Å²) < 4.78 is 10.2. The van der Waals surface area contributed by atoms with E-state index in [0.717, 1.165) is 24.8 Å². The minimum absolute atomic E-state index is 0.0785. The van der Waals surface area contributed by atoms with Gasteiger partial charge in [0.2, 0.25) is 0 Å². The minimum Gasteiger partial charge on any atom is -0.504 e. The van der Waals surface area contributed by atoms with Gasteiger partial charge in [-0.05, 0) is 24.1 Å². The van der Waals surface area contributed by atoms with Gasteiger partial charge >= 0.3 is 5.97 Å². The molecule has 0 spiro atoms. The molecule has 0 fully saturated rings. The number of benzene rings is 1. The molecule has 1 rings (SSSR count). The maximum Gasteiger partial charge on any atom is 0.306 e. The van der Waals surface area contributed by atoms with E-state index in [1.165, 1.54) is 7.11 Å². The largest absolute Gasteiger partial charge is 0.504 e. The zero-order chi connectivity index (χ0) is 17.1. The molecule has 0 aliphatic rings. The van der Waals surface area contributed by atoms with Crippen LogP contribution in [0.15, 0.2) is 18.2 Å². The smallest absolute Gasteiger partial charge is 0.306 e. The van der Waals surface area contributed by atoms with Gasteiger partial charge in [0.25, 0.3) is 0 Å². The van der Waals surface area contributed by atoms with Crippen molar-refractivity contribution in [2.45, 2.75) is 51.9 Å². The molecule has 0 heterocycles. The Hall–Kier alpha value is -2.04. The number of carbonyl (C=O) groups excluding carboxylic acids is 2. The lowest BCUT2D eigenvalue weighted by Gasteiger charge is -2.07. The monoisotopic (exact) mass is 322 g/mol. The van der Waals surface area contributed by atoms with Crippen molar-refractivity contribution in [3.05, 3.63) is 23.8 Å². The predicted molar refractivity (Wildman–Crippen MR) is 87.7 cm³/mol. The molecule has 0 amide bonds. The number of ketones is 1. The second-order valence-corrected chi connectivity index (χ2v) is 5.47. The average molecular weight is 322 g/mol. The van der Waals surface area contributed by atoms with Crippen LogP contribution in [-0.2, 0) is 20.7 Å². The summed E-state index contributed by atoms with van der Waals surface area (Å²) in [6, 6.07) is 5.01. The Morgan fingerprint density at radius 2 is 1.91 bits per heavy atom. The molecule has 128 valence electrons. The van der Waals surface area contributed by atoms with Gasteiger partial charge < -0.3 is 14.6 Å². The van der Waals surface area contributed by atoms with Gasteiger partial charge in [-0.15, -0.1) is 0 Å². The van der Waals surface area contributed by atoms with E-state index in [1.807, 2.05) is 0 Å². The summed E-state index contributed by atoms with van der Waals surface area (Å²) in [7, 11) is 1.48. The van der Waals surface area contributed by atoms with Crippen LogP contribution >= 0.6 is 0 Å². The van der Waals surface area contributed by atoms with Crippen molar-refractivity contribution in [2.24, 2.45) is 0 Å². The Kier molecular flexibility index (Phi) is 8.80. The molecule has 5 heteroatoms. The van der Waals surface area contributed by atoms with E-state index in [2.05, 4.69) is 6.92 Å². The van der Waals surface area contributed by atoms with E-state index in [1.54, 1.807) is 18.2 Å². The normalized spacial score (nSPS) is 10.3. The highest BCUT2D eigenvalue weighted by atomic mass is 16.5. The van der Waals surface area contributed by atoms with Crippen LogP contribution in [0.1, 0.15) is 51.0 Å². The highest BCUT2D eigenvalue weighted by Crippen LogP contribution is 2.26. The quantitative estimate of drug-likeness (QED) is 0.499. The Bertz CT molecular complexity index is 510. The van der Waals surface area contributed by atoms with Gasteiger partial charge in [-0.3, -0.25) is 9.59 Å². The van der Waals surface area contributed by atoms with Crippen molar-refractivity contribution >= 4 is 11.8 Å². The lowest BCUT2D eigenvalue weighted by molar-refractivity contribution is -0.144. The first kappa shape index (κ1) is 19.0. The molecule has 0 radical (unpaired) electrons. The molecule has 0 atom stereocenters. The summed E-state index contributed by atoms with van der Waals surface area (Å²) in [4.78, 5) is 23.2. The second-order valence-electron chi connectivity index (χ2n) is 5.47. The molecule has 0 aromatic heterocycles. The number of hydrogen-bond donors (Lipinski definition) is 1. The number of ether oxygens (including phenoxy) is 2. The van der Waals surface area contributed by atoms with Gasteiger partial charge in [0.1, 0.15) is 5.78 Å². The summed E-state index contributed by atoms with van der Waals surface area (Å²) in [5.41, 5.74) is 0.906. The molecular weight excluding hydrogens is 296 g/mol. The Morgan fingerprint density at radius 3 is 2.61 bits per heavy atom. The van der Waals surface area contributed by atoms with Crippen LogP contribution in [0.4, 0.5) is 0 Å². The van der Waals surface area contributed by atoms with Crippen LogP contribution in [0, 0.1) is 0 Å². The van der Waals surface area contributed by atoms with Crippen molar-refractivity contribution in [2.75, 3.05) is 13.7 Å². The Labute approximate surface area is 137 Å². The average Bonchev–Trinajstić information content (AvgIpc) is 2.54. The van der Waals surface area contributed by atoms with Crippen molar-refractivity contribution in [1.82, 2.24) is 0 Å². The van der Waals surface area contributed by atoms with Crippen LogP contribution in [0.5, 0.6) is 11.5 Å². The fourth-order valence-corrected chi connectivity index (χ4v) is 2.17. The van der Waals surface area contributed by atoms with Crippen LogP contribution < -0.4 is 4.74 Å². The zero-order valence-corrected chi connectivity index (χ0v) is 14.0. The van der Waals surface area contributed by atoms with E-state index in [0.29, 0.717) is 18.6 Å². The first-order valence-electron chi connectivity index (χ1n) is 8.10. The van der Waals surface area contributed by atoms with Crippen LogP contribution in [-0.4, -0.2) is 30.6 Å². The first-order valence-corrected chi connectivity index (χ1v) is 8.10. The SMILES string of the molecule is CCCCCC(=O)CCC(=O)OCCc1ccc(O)c(OC)c1. The molecule has 1 aromatic rings. The summed E-state index contributed by atoms with van der Waals surface area (Å²) >= 11 is 0. The molecule has 1 aromatic carbocycles. The number of unbranched alkanes of at least 4 members (excludes halogenated alkanes) is 2. The molecule has 0 bridgehead atoms. The second kappa shape index (κ2) is 10.6. The van der Waals surface area contributed by atoms with E-state index in [-0.39, 0.29) is 37.0 Å². The van der Waals surface area contributed by atoms with Crippen molar-refractivity contribution < 1.29 is 24.2 Å². The standard InChI is InChI=1S/C18H26O5/c1-3-4-5-6-15(19)8-10-18(21)23-12-11-14-7-9-16(20)17(13-14)22-2/h7,9,13,20H,3-6,8,10-12H2,1-2H3. The maximum absolute atomic E-state index is 11.6. The van der Waals surface area contributed by atoms with Gasteiger partial charge in [0.15, 0.2) is 11.5 Å². The fraction of sp³-hybridized carbons (Fsp3) is 0.556. The van der Waals surface area contributed by atoms with Gasteiger partial charge in [0.05, 0.1) is 20.1 Å². The first-order chi connectivity index (χ1) is 11.1. The molecule has 0 saturated heterocycles. The van der Waals surface area contributed by atoms with Crippen molar-refractivity contribution in [3.8, 4) is 11.5 Å². The summed E-state index contributed by atoms with van der Waals surface area (Å²) in [6.07, 6.45) is 4.51. The van der Waals surface area contributed by atoms with E-state index < -0.39 is 0 Å². The van der Waals surface area contributed by atoms with E-state index >= 15 is 0 Å². The topological polar surface area (TPSA) is 72.8 Å². The highest BCUT2D eigenvalue weighted by molar-refractivity contribution is 5.82. The number of esters is 1. The molecule has 0 aliphatic heterocycles. The van der Waals surface area contributed by atoms with E-state index in [4.69, 9.17) is 9.47 Å². The zero-order valence-electron chi connectivity index (χ0n) is 14.0. The number of aromatic hydroxyl groups is 1. The van der Waals surface area contributed by atoms with E-state index in [9.17, 15) is 14.7 Å². The molecule has 5 nitrogen and oxygen atoms in total. The Balaban J connectivity index is 2.22. The highest BCUT2D eigenvalue weighted by Gasteiger charge is 2.09. The number of phenolic OH excluding ortho intramolecular Hbond substituents is 1. The van der Waals surface area contributed by atoms with Crippen molar-refractivity contribution in [3.63, 3.8) is 0 Å². The summed E-state index contributed by atoms with van der Waals surface area (Å²) in [6.45, 7) is 2.34. The molecule has 23 heavy (non-hydrogen) atoms. The minimum atomic E-state index is -0.348. The number of phenols is 1.